The van der Waals surface area contributed by atoms with Crippen molar-refractivity contribution in [3.8, 4) is 5.75 Å². The molecule has 0 atom stereocenters. The minimum absolute atomic E-state index is 0. The van der Waals surface area contributed by atoms with E-state index in [2.05, 4.69) is 15.6 Å². The third-order valence-electron chi connectivity index (χ3n) is 3.90. The van der Waals surface area contributed by atoms with Crippen LogP contribution in [0.25, 0.3) is 0 Å². The van der Waals surface area contributed by atoms with Crippen LogP contribution in [0.5, 0.6) is 5.75 Å². The van der Waals surface area contributed by atoms with Crippen molar-refractivity contribution in [2.45, 2.75) is 25.5 Å². The van der Waals surface area contributed by atoms with Crippen molar-refractivity contribution < 1.29 is 9.53 Å². The van der Waals surface area contributed by atoms with Gasteiger partial charge in [0.1, 0.15) is 12.4 Å². The van der Waals surface area contributed by atoms with E-state index in [1.807, 2.05) is 30.3 Å². The van der Waals surface area contributed by atoms with Crippen molar-refractivity contribution in [2.24, 2.45) is 0 Å². The molecule has 1 amide bonds. The van der Waals surface area contributed by atoms with E-state index in [1.54, 1.807) is 18.5 Å². The molecule has 5 nitrogen and oxygen atoms in total. The molecule has 1 aromatic heterocycles. The van der Waals surface area contributed by atoms with Crippen molar-refractivity contribution in [1.29, 1.82) is 0 Å². The molecule has 7 heteroatoms. The van der Waals surface area contributed by atoms with Crippen LogP contribution >= 0.6 is 24.8 Å². The summed E-state index contributed by atoms with van der Waals surface area (Å²) >= 11 is 0. The Morgan fingerprint density at radius 3 is 2.72 bits per heavy atom. The molecule has 0 spiro atoms. The van der Waals surface area contributed by atoms with Gasteiger partial charge in [0.25, 0.3) is 5.91 Å². The zero-order chi connectivity index (χ0) is 15.9. The Kier molecular flexibility index (Phi) is 9.27. The molecular formula is C18H23Cl2N3O2. The second kappa shape index (κ2) is 10.9. The van der Waals surface area contributed by atoms with E-state index in [4.69, 9.17) is 4.74 Å². The average Bonchev–Trinajstić information content (AvgIpc) is 2.62. The Morgan fingerprint density at radius 1 is 1.20 bits per heavy atom. The van der Waals surface area contributed by atoms with Gasteiger partial charge in [0, 0.05) is 29.6 Å². The minimum atomic E-state index is -0.0382. The number of hydrogen-bond acceptors (Lipinski definition) is 4. The molecule has 0 saturated carbocycles. The average molecular weight is 384 g/mol. The highest BCUT2D eigenvalue weighted by Gasteiger charge is 2.16. The molecule has 0 unspecified atom stereocenters. The Hall–Kier alpha value is -1.82. The number of nitrogens with zero attached hydrogens (tertiary/aromatic N) is 1. The Balaban J connectivity index is 0.00000156. The van der Waals surface area contributed by atoms with Crippen LogP contribution in [-0.4, -0.2) is 30.0 Å². The van der Waals surface area contributed by atoms with Gasteiger partial charge in [-0.05, 0) is 50.2 Å². The number of halogens is 2. The van der Waals surface area contributed by atoms with Gasteiger partial charge in [-0.1, -0.05) is 12.1 Å². The normalized spacial score (nSPS) is 13.9. The molecule has 1 fully saturated rings. The number of piperidine rings is 1. The first-order valence-corrected chi connectivity index (χ1v) is 7.94. The largest absolute Gasteiger partial charge is 0.489 e. The molecule has 1 saturated heterocycles. The first-order chi connectivity index (χ1) is 11.3. The molecule has 25 heavy (non-hydrogen) atoms. The minimum Gasteiger partial charge on any atom is -0.489 e. The third kappa shape index (κ3) is 6.53. The fourth-order valence-corrected chi connectivity index (χ4v) is 2.61. The van der Waals surface area contributed by atoms with Crippen LogP contribution in [-0.2, 0) is 6.61 Å². The predicted octanol–water partition coefficient (Wildman–Crippen LogP) is 2.99. The molecule has 0 aliphatic carbocycles. The van der Waals surface area contributed by atoms with E-state index >= 15 is 0 Å². The van der Waals surface area contributed by atoms with Crippen LogP contribution in [0.4, 0.5) is 0 Å². The van der Waals surface area contributed by atoms with Crippen molar-refractivity contribution in [3.05, 3.63) is 59.9 Å². The van der Waals surface area contributed by atoms with Crippen molar-refractivity contribution in [3.63, 3.8) is 0 Å². The summed E-state index contributed by atoms with van der Waals surface area (Å²) in [7, 11) is 0. The number of ether oxygens (including phenoxy) is 1. The summed E-state index contributed by atoms with van der Waals surface area (Å²) in [6.07, 6.45) is 5.45. The predicted molar refractivity (Wildman–Crippen MR) is 103 cm³/mol. The smallest absolute Gasteiger partial charge is 0.251 e. The molecule has 2 aromatic rings. The summed E-state index contributed by atoms with van der Waals surface area (Å²) in [5.74, 6) is 0.649. The lowest BCUT2D eigenvalue weighted by Gasteiger charge is -2.23. The number of pyridine rings is 1. The number of aromatic nitrogens is 1. The van der Waals surface area contributed by atoms with Crippen LogP contribution < -0.4 is 15.4 Å². The van der Waals surface area contributed by atoms with E-state index in [0.717, 1.165) is 31.5 Å². The quantitative estimate of drug-likeness (QED) is 0.832. The lowest BCUT2D eigenvalue weighted by molar-refractivity contribution is 0.0929. The number of carbonyl (C=O) groups is 1. The summed E-state index contributed by atoms with van der Waals surface area (Å²) in [5, 5.41) is 6.38. The second-order valence-electron chi connectivity index (χ2n) is 5.68. The van der Waals surface area contributed by atoms with Gasteiger partial charge in [0.2, 0.25) is 0 Å². The fourth-order valence-electron chi connectivity index (χ4n) is 2.61. The van der Waals surface area contributed by atoms with Gasteiger partial charge in [-0.25, -0.2) is 0 Å². The SMILES string of the molecule is Cl.Cl.O=C(NC1CCNCC1)c1cccc(OCc2cccnc2)c1. The highest BCUT2D eigenvalue weighted by molar-refractivity contribution is 5.94. The zero-order valence-electron chi connectivity index (χ0n) is 13.8. The third-order valence-corrected chi connectivity index (χ3v) is 3.90. The van der Waals surface area contributed by atoms with Gasteiger partial charge in [-0.2, -0.15) is 0 Å². The number of carbonyl (C=O) groups excluding carboxylic acids is 1. The Morgan fingerprint density at radius 2 is 2.00 bits per heavy atom. The molecule has 3 rings (SSSR count). The molecular weight excluding hydrogens is 361 g/mol. The Bertz CT molecular complexity index is 650. The van der Waals surface area contributed by atoms with Crippen molar-refractivity contribution in [2.75, 3.05) is 13.1 Å². The number of benzene rings is 1. The van der Waals surface area contributed by atoms with E-state index in [0.29, 0.717) is 17.9 Å². The second-order valence-corrected chi connectivity index (χ2v) is 5.68. The highest BCUT2D eigenvalue weighted by atomic mass is 35.5. The van der Waals surface area contributed by atoms with Gasteiger partial charge in [0.05, 0.1) is 0 Å². The zero-order valence-corrected chi connectivity index (χ0v) is 15.4. The van der Waals surface area contributed by atoms with E-state index in [9.17, 15) is 4.79 Å². The lowest BCUT2D eigenvalue weighted by Crippen LogP contribution is -2.42. The molecule has 136 valence electrons. The fraction of sp³-hybridized carbons (Fsp3) is 0.333. The number of amides is 1. The van der Waals surface area contributed by atoms with E-state index < -0.39 is 0 Å². The summed E-state index contributed by atoms with van der Waals surface area (Å²) in [6.45, 7) is 2.35. The van der Waals surface area contributed by atoms with Gasteiger partial charge in [-0.3, -0.25) is 9.78 Å². The van der Waals surface area contributed by atoms with Crippen LogP contribution in [0.1, 0.15) is 28.8 Å². The van der Waals surface area contributed by atoms with Crippen molar-refractivity contribution in [1.82, 2.24) is 15.6 Å². The summed E-state index contributed by atoms with van der Waals surface area (Å²) in [5.41, 5.74) is 1.63. The maximum atomic E-state index is 12.3. The van der Waals surface area contributed by atoms with Crippen LogP contribution in [0, 0.1) is 0 Å². The molecule has 2 heterocycles. The topological polar surface area (TPSA) is 63.2 Å². The standard InChI is InChI=1S/C18H21N3O2.2ClH/c22-18(21-16-6-9-19-10-7-16)15-4-1-5-17(11-15)23-13-14-3-2-8-20-12-14;;/h1-5,8,11-12,16,19H,6-7,9-10,13H2,(H,21,22);2*1H. The van der Waals surface area contributed by atoms with E-state index in [-0.39, 0.29) is 36.8 Å². The summed E-state index contributed by atoms with van der Waals surface area (Å²) in [4.78, 5) is 16.4. The van der Waals surface area contributed by atoms with Gasteiger partial charge >= 0.3 is 0 Å². The van der Waals surface area contributed by atoms with Crippen molar-refractivity contribution >= 4 is 30.7 Å². The first-order valence-electron chi connectivity index (χ1n) is 7.94. The number of hydrogen-bond donors (Lipinski definition) is 2. The highest BCUT2D eigenvalue weighted by Crippen LogP contribution is 2.15. The maximum absolute atomic E-state index is 12.3. The summed E-state index contributed by atoms with van der Waals surface area (Å²) in [6, 6.07) is 11.4. The van der Waals surface area contributed by atoms with E-state index in [1.165, 1.54) is 0 Å². The molecule has 1 aliphatic rings. The Labute approximate surface area is 160 Å². The lowest BCUT2D eigenvalue weighted by atomic mass is 10.1. The van der Waals surface area contributed by atoms with Crippen LogP contribution in [0.3, 0.4) is 0 Å². The molecule has 0 radical (unpaired) electrons. The molecule has 1 aromatic carbocycles. The van der Waals surface area contributed by atoms with Gasteiger partial charge < -0.3 is 15.4 Å². The first kappa shape index (κ1) is 21.2. The van der Waals surface area contributed by atoms with Gasteiger partial charge in [0.15, 0.2) is 0 Å². The molecule has 0 bridgehead atoms. The molecule has 1 aliphatic heterocycles. The van der Waals surface area contributed by atoms with Crippen LogP contribution in [0.15, 0.2) is 48.8 Å². The van der Waals surface area contributed by atoms with Gasteiger partial charge in [-0.15, -0.1) is 24.8 Å². The summed E-state index contributed by atoms with van der Waals surface area (Å²) < 4.78 is 5.74. The monoisotopic (exact) mass is 383 g/mol. The maximum Gasteiger partial charge on any atom is 0.251 e. The molecule has 2 N–H and O–H groups in total. The van der Waals surface area contributed by atoms with Crippen LogP contribution in [0.2, 0.25) is 0 Å². The number of nitrogens with one attached hydrogen (secondary N) is 2. The number of rotatable bonds is 5.